The first-order valence-electron chi connectivity index (χ1n) is 8.85. The first-order valence-corrected chi connectivity index (χ1v) is 8.85. The minimum atomic E-state index is 0.128. The van der Waals surface area contributed by atoms with Crippen LogP contribution in [0.5, 0.6) is 17.5 Å². The van der Waals surface area contributed by atoms with Crippen molar-refractivity contribution in [3.63, 3.8) is 0 Å². The number of pyridine rings is 2. The molecule has 144 valence electrons. The lowest BCUT2D eigenvalue weighted by atomic mass is 10.1. The molecule has 0 unspecified atom stereocenters. The van der Waals surface area contributed by atoms with Crippen LogP contribution in [-0.2, 0) is 0 Å². The summed E-state index contributed by atoms with van der Waals surface area (Å²) >= 11 is 0. The van der Waals surface area contributed by atoms with Crippen LogP contribution in [0.15, 0.2) is 43.0 Å². The largest absolute Gasteiger partial charge is 0.494 e. The molecule has 4 aromatic rings. The first-order chi connectivity index (χ1) is 13.5. The van der Waals surface area contributed by atoms with Crippen molar-refractivity contribution >= 4 is 10.9 Å². The average molecular weight is 379 g/mol. The van der Waals surface area contributed by atoms with Gasteiger partial charge in [-0.1, -0.05) is 0 Å². The van der Waals surface area contributed by atoms with Crippen LogP contribution in [0.2, 0.25) is 0 Å². The van der Waals surface area contributed by atoms with E-state index in [0.29, 0.717) is 22.5 Å². The van der Waals surface area contributed by atoms with Gasteiger partial charge in [0.1, 0.15) is 0 Å². The lowest BCUT2D eigenvalue weighted by Crippen LogP contribution is -2.00. The molecule has 4 aromatic heterocycles. The third-order valence-corrected chi connectivity index (χ3v) is 4.57. The highest BCUT2D eigenvalue weighted by Gasteiger charge is 2.15. The molecule has 1 N–H and O–H groups in total. The number of hydrogen-bond donors (Lipinski definition) is 1. The van der Waals surface area contributed by atoms with E-state index in [1.807, 2.05) is 42.9 Å². The number of rotatable bonds is 5. The topological polar surface area (TPSA) is 87.2 Å². The second-order valence-corrected chi connectivity index (χ2v) is 6.66. The molecule has 0 saturated heterocycles. The Bertz CT molecular complexity index is 1150. The van der Waals surface area contributed by atoms with Gasteiger partial charge in [0.15, 0.2) is 5.75 Å². The Morgan fingerprint density at radius 2 is 1.89 bits per heavy atom. The number of hydrogen-bond acceptors (Lipinski definition) is 6. The summed E-state index contributed by atoms with van der Waals surface area (Å²) in [6.07, 6.45) is 7.09. The van der Waals surface area contributed by atoms with Crippen LogP contribution in [-0.4, -0.2) is 43.6 Å². The van der Waals surface area contributed by atoms with Crippen LogP contribution in [0.25, 0.3) is 27.8 Å². The van der Waals surface area contributed by atoms with Gasteiger partial charge in [0.25, 0.3) is 5.88 Å². The Morgan fingerprint density at radius 3 is 2.57 bits per heavy atom. The highest BCUT2D eigenvalue weighted by atomic mass is 16.5. The van der Waals surface area contributed by atoms with E-state index in [4.69, 9.17) is 9.47 Å². The predicted octanol–water partition coefficient (Wildman–Crippen LogP) is 3.59. The number of methoxy groups -OCH3 is 2. The molecule has 0 saturated carbocycles. The van der Waals surface area contributed by atoms with Crippen molar-refractivity contribution in [2.45, 2.75) is 19.9 Å². The first kappa shape index (κ1) is 17.8. The average Bonchev–Trinajstić information content (AvgIpc) is 3.32. The van der Waals surface area contributed by atoms with E-state index < -0.39 is 0 Å². The fourth-order valence-electron chi connectivity index (χ4n) is 3.04. The summed E-state index contributed by atoms with van der Waals surface area (Å²) in [5, 5.41) is 15.6. The quantitative estimate of drug-likeness (QED) is 0.570. The highest BCUT2D eigenvalue weighted by molar-refractivity contribution is 5.87. The Morgan fingerprint density at radius 1 is 1.07 bits per heavy atom. The second-order valence-electron chi connectivity index (χ2n) is 6.66. The molecule has 4 rings (SSSR count). The molecular formula is C20H21N5O3. The zero-order chi connectivity index (χ0) is 19.8. The molecule has 0 aliphatic rings. The fraction of sp³-hybridized carbons (Fsp3) is 0.250. The molecule has 0 bridgehead atoms. The maximum absolute atomic E-state index is 10.6. The Hall–Kier alpha value is -3.55. The van der Waals surface area contributed by atoms with Gasteiger partial charge in [0.2, 0.25) is 5.88 Å². The molecule has 8 heteroatoms. The molecule has 0 radical (unpaired) electrons. The van der Waals surface area contributed by atoms with E-state index >= 15 is 0 Å². The maximum Gasteiger partial charge on any atom is 0.256 e. The Balaban J connectivity index is 1.77. The molecule has 0 aliphatic carbocycles. The molecule has 8 nitrogen and oxygen atoms in total. The van der Waals surface area contributed by atoms with E-state index in [0.717, 1.165) is 16.9 Å². The van der Waals surface area contributed by atoms with E-state index in [1.165, 1.54) is 0 Å². The Kier molecular flexibility index (Phi) is 4.38. The van der Waals surface area contributed by atoms with Crippen LogP contribution >= 0.6 is 0 Å². The fourth-order valence-corrected chi connectivity index (χ4v) is 3.04. The van der Waals surface area contributed by atoms with E-state index in [-0.39, 0.29) is 11.9 Å². The van der Waals surface area contributed by atoms with Crippen molar-refractivity contribution in [2.24, 2.45) is 0 Å². The third kappa shape index (κ3) is 2.92. The summed E-state index contributed by atoms with van der Waals surface area (Å²) in [5.74, 6) is 1.07. The van der Waals surface area contributed by atoms with Gasteiger partial charge in [-0.25, -0.2) is 9.97 Å². The Labute approximate surface area is 162 Å². The van der Waals surface area contributed by atoms with Crippen LogP contribution < -0.4 is 9.47 Å². The summed E-state index contributed by atoms with van der Waals surface area (Å²) < 4.78 is 14.0. The summed E-state index contributed by atoms with van der Waals surface area (Å²) in [5.41, 5.74) is 2.95. The lowest BCUT2D eigenvalue weighted by Gasteiger charge is -2.08. The summed E-state index contributed by atoms with van der Waals surface area (Å²) in [7, 11) is 3.11. The molecule has 0 spiro atoms. The molecule has 4 heterocycles. The van der Waals surface area contributed by atoms with Gasteiger partial charge in [0.05, 0.1) is 42.7 Å². The number of nitrogens with zero attached hydrogens (tertiary/aromatic N) is 5. The second kappa shape index (κ2) is 6.88. The monoisotopic (exact) mass is 379 g/mol. The molecule has 0 aromatic carbocycles. The van der Waals surface area contributed by atoms with Crippen molar-refractivity contribution in [1.82, 2.24) is 24.3 Å². The van der Waals surface area contributed by atoms with Crippen molar-refractivity contribution in [1.29, 1.82) is 0 Å². The van der Waals surface area contributed by atoms with Crippen LogP contribution in [0.4, 0.5) is 0 Å². The zero-order valence-corrected chi connectivity index (χ0v) is 16.1. The number of aromatic hydroxyl groups is 1. The number of aromatic nitrogens is 5. The number of ether oxygens (including phenoxy) is 2. The molecule has 0 atom stereocenters. The maximum atomic E-state index is 10.6. The summed E-state index contributed by atoms with van der Waals surface area (Å²) in [4.78, 5) is 8.94. The van der Waals surface area contributed by atoms with Gasteiger partial charge < -0.3 is 14.6 Å². The van der Waals surface area contributed by atoms with Crippen molar-refractivity contribution in [3.05, 3.63) is 43.0 Å². The highest BCUT2D eigenvalue weighted by Crippen LogP contribution is 2.33. The molecule has 0 fully saturated rings. The van der Waals surface area contributed by atoms with Crippen molar-refractivity contribution in [3.8, 4) is 34.5 Å². The third-order valence-electron chi connectivity index (χ3n) is 4.57. The van der Waals surface area contributed by atoms with Crippen LogP contribution in [0, 0.1) is 0 Å². The minimum Gasteiger partial charge on any atom is -0.494 e. The van der Waals surface area contributed by atoms with Gasteiger partial charge in [-0.2, -0.15) is 5.10 Å². The SMILES string of the molecule is COc1cc(-c2ccc3c(O)n(-c4cnn(C(C)C)c4)cc3n2)cnc1OC. The predicted molar refractivity (Wildman–Crippen MR) is 105 cm³/mol. The summed E-state index contributed by atoms with van der Waals surface area (Å²) in [6.45, 7) is 4.10. The van der Waals surface area contributed by atoms with Gasteiger partial charge in [-0.15, -0.1) is 0 Å². The molecule has 0 aliphatic heterocycles. The van der Waals surface area contributed by atoms with Gasteiger partial charge in [-0.3, -0.25) is 9.25 Å². The molecular weight excluding hydrogens is 358 g/mol. The van der Waals surface area contributed by atoms with Crippen molar-refractivity contribution < 1.29 is 14.6 Å². The normalized spacial score (nSPS) is 11.3. The van der Waals surface area contributed by atoms with Crippen LogP contribution in [0.3, 0.4) is 0 Å². The smallest absolute Gasteiger partial charge is 0.256 e. The number of fused-ring (bicyclic) bond motifs is 1. The zero-order valence-electron chi connectivity index (χ0n) is 16.1. The van der Waals surface area contributed by atoms with E-state index in [2.05, 4.69) is 15.1 Å². The lowest BCUT2D eigenvalue weighted by molar-refractivity contribution is 0.343. The summed E-state index contributed by atoms with van der Waals surface area (Å²) in [6, 6.07) is 5.74. The standard InChI is InChI=1S/C20H21N5O3/c1-12(2)25-10-14(9-22-25)24-11-17-15(20(24)26)5-6-16(23-17)13-7-18(27-3)19(28-4)21-8-13/h5-12,26H,1-4H3. The van der Waals surface area contributed by atoms with Crippen molar-refractivity contribution in [2.75, 3.05) is 14.2 Å². The van der Waals surface area contributed by atoms with Crippen LogP contribution in [0.1, 0.15) is 19.9 Å². The molecule has 28 heavy (non-hydrogen) atoms. The van der Waals surface area contributed by atoms with E-state index in [1.54, 1.807) is 37.4 Å². The van der Waals surface area contributed by atoms with Gasteiger partial charge in [0, 0.05) is 30.2 Å². The van der Waals surface area contributed by atoms with Gasteiger partial charge >= 0.3 is 0 Å². The molecule has 0 amide bonds. The van der Waals surface area contributed by atoms with E-state index in [9.17, 15) is 5.11 Å². The van der Waals surface area contributed by atoms with Gasteiger partial charge in [-0.05, 0) is 32.0 Å². The minimum absolute atomic E-state index is 0.128.